The van der Waals surface area contributed by atoms with Crippen molar-refractivity contribution in [3.05, 3.63) is 42.1 Å². The minimum Gasteiger partial charge on any atom is -0.352 e. The number of amides is 1. The molecule has 23 heavy (non-hydrogen) atoms. The Balaban J connectivity index is 0.00000132. The fraction of sp³-hybridized carbons (Fsp3) is 0.412. The van der Waals surface area contributed by atoms with Crippen LogP contribution < -0.4 is 11.1 Å². The van der Waals surface area contributed by atoms with E-state index in [0.29, 0.717) is 18.9 Å². The van der Waals surface area contributed by atoms with Crippen molar-refractivity contribution < 1.29 is 4.79 Å². The number of para-hydroxylation sites is 1. The smallest absolute Gasteiger partial charge is 0.220 e. The van der Waals surface area contributed by atoms with E-state index in [1.54, 1.807) is 6.20 Å². The van der Waals surface area contributed by atoms with Gasteiger partial charge in [0.05, 0.1) is 5.52 Å². The predicted molar refractivity (Wildman–Crippen MR) is 98.0 cm³/mol. The number of hydrogen-bond acceptors (Lipinski definition) is 3. The highest BCUT2D eigenvalue weighted by Crippen LogP contribution is 2.26. The average Bonchev–Trinajstić information content (AvgIpc) is 2.90. The summed E-state index contributed by atoms with van der Waals surface area (Å²) in [6, 6.07) is 10.2. The first-order valence-corrected chi connectivity index (χ1v) is 7.59. The molecule has 0 unspecified atom stereocenters. The number of hydrogen-bond donors (Lipinski definition) is 2. The van der Waals surface area contributed by atoms with Crippen LogP contribution in [0.5, 0.6) is 0 Å². The van der Waals surface area contributed by atoms with E-state index in [0.717, 1.165) is 35.7 Å². The van der Waals surface area contributed by atoms with Gasteiger partial charge < -0.3 is 11.1 Å². The van der Waals surface area contributed by atoms with Crippen molar-refractivity contribution in [3.63, 3.8) is 0 Å². The van der Waals surface area contributed by atoms with Crippen molar-refractivity contribution in [1.82, 2.24) is 10.3 Å². The summed E-state index contributed by atoms with van der Waals surface area (Å²) in [6.45, 7) is 0.523. The number of rotatable bonds is 4. The van der Waals surface area contributed by atoms with E-state index in [4.69, 9.17) is 5.73 Å². The lowest BCUT2D eigenvalue weighted by atomic mass is 10.00. The quantitative estimate of drug-likeness (QED) is 0.884. The zero-order valence-electron chi connectivity index (χ0n) is 12.9. The van der Waals surface area contributed by atoms with Gasteiger partial charge in [-0.25, -0.2) is 0 Å². The van der Waals surface area contributed by atoms with Gasteiger partial charge in [0.1, 0.15) is 0 Å². The third kappa shape index (κ3) is 4.80. The molecule has 0 spiro atoms. The van der Waals surface area contributed by atoms with Crippen LogP contribution in [0.3, 0.4) is 0 Å². The number of aromatic nitrogens is 1. The normalized spacial score (nSPS) is 19.7. The third-order valence-corrected chi connectivity index (χ3v) is 4.36. The molecule has 1 aromatic carbocycles. The molecule has 1 aliphatic rings. The zero-order chi connectivity index (χ0) is 14.7. The van der Waals surface area contributed by atoms with E-state index in [-0.39, 0.29) is 36.8 Å². The summed E-state index contributed by atoms with van der Waals surface area (Å²) in [5.41, 5.74) is 8.03. The summed E-state index contributed by atoms with van der Waals surface area (Å²) in [4.78, 5) is 16.5. The van der Waals surface area contributed by atoms with Crippen LogP contribution in [0.2, 0.25) is 0 Å². The zero-order valence-corrected chi connectivity index (χ0v) is 14.5. The van der Waals surface area contributed by atoms with Crippen LogP contribution in [0.4, 0.5) is 0 Å². The van der Waals surface area contributed by atoms with Crippen molar-refractivity contribution in [2.75, 3.05) is 0 Å². The van der Waals surface area contributed by atoms with E-state index >= 15 is 0 Å². The topological polar surface area (TPSA) is 68.0 Å². The van der Waals surface area contributed by atoms with Gasteiger partial charge in [-0.05, 0) is 30.4 Å². The summed E-state index contributed by atoms with van der Waals surface area (Å²) in [5.74, 6) is 0.431. The molecule has 0 radical (unpaired) electrons. The molecule has 6 heteroatoms. The molecular formula is C17H23Cl2N3O. The van der Waals surface area contributed by atoms with Gasteiger partial charge in [-0.2, -0.15) is 0 Å². The second-order valence-electron chi connectivity index (χ2n) is 5.83. The number of fused-ring (bicyclic) bond motifs is 1. The summed E-state index contributed by atoms with van der Waals surface area (Å²) in [6.07, 6.45) is 5.59. The van der Waals surface area contributed by atoms with Crippen LogP contribution in [-0.2, 0) is 11.3 Å². The van der Waals surface area contributed by atoms with Crippen molar-refractivity contribution in [3.8, 4) is 0 Å². The van der Waals surface area contributed by atoms with Gasteiger partial charge in [-0.3, -0.25) is 9.78 Å². The Morgan fingerprint density at radius 3 is 2.74 bits per heavy atom. The Morgan fingerprint density at radius 1 is 1.22 bits per heavy atom. The molecule has 0 saturated heterocycles. The van der Waals surface area contributed by atoms with E-state index in [1.165, 1.54) is 0 Å². The maximum atomic E-state index is 12.1. The molecule has 0 aliphatic heterocycles. The van der Waals surface area contributed by atoms with E-state index in [9.17, 15) is 4.79 Å². The van der Waals surface area contributed by atoms with Crippen molar-refractivity contribution in [2.45, 2.75) is 38.3 Å². The maximum absolute atomic E-state index is 12.1. The molecule has 1 saturated carbocycles. The molecule has 0 bridgehead atoms. The number of carbonyl (C=O) groups is 1. The number of carbonyl (C=O) groups excluding carboxylic acids is 1. The largest absolute Gasteiger partial charge is 0.352 e. The molecule has 1 amide bonds. The number of nitrogens with zero attached hydrogens (tertiary/aromatic N) is 1. The molecule has 3 rings (SSSR count). The second kappa shape index (κ2) is 9.06. The summed E-state index contributed by atoms with van der Waals surface area (Å²) in [5, 5.41) is 4.10. The highest BCUT2D eigenvalue weighted by Gasteiger charge is 2.25. The first kappa shape index (κ1) is 19.7. The first-order valence-electron chi connectivity index (χ1n) is 7.59. The molecule has 2 aromatic rings. The number of nitrogens with one attached hydrogen (secondary N) is 1. The molecule has 1 fully saturated rings. The Bertz CT molecular complexity index is 645. The molecule has 2 atom stereocenters. The van der Waals surface area contributed by atoms with Crippen LogP contribution in [0.25, 0.3) is 10.9 Å². The van der Waals surface area contributed by atoms with E-state index in [2.05, 4.69) is 10.3 Å². The summed E-state index contributed by atoms with van der Waals surface area (Å²) in [7, 11) is 0. The van der Waals surface area contributed by atoms with Gasteiger partial charge in [0, 0.05) is 30.6 Å². The SMILES string of the molecule is Cl.Cl.N[C@@H]1CCC[C@H]1CC(=O)NCc1cccc2cccnc12. The van der Waals surface area contributed by atoms with Crippen molar-refractivity contribution in [1.29, 1.82) is 0 Å². The van der Waals surface area contributed by atoms with Crippen LogP contribution >= 0.6 is 24.8 Å². The molecule has 126 valence electrons. The lowest BCUT2D eigenvalue weighted by Gasteiger charge is -2.15. The standard InChI is InChI=1S/C17H21N3O.2ClH/c18-15-8-2-5-13(15)10-16(21)20-11-14-6-1-4-12-7-3-9-19-17(12)14;;/h1,3-4,6-7,9,13,15H,2,5,8,10-11,18H2,(H,20,21);2*1H/t13-,15+;;/m0../s1. The lowest BCUT2D eigenvalue weighted by Crippen LogP contribution is -2.31. The monoisotopic (exact) mass is 355 g/mol. The predicted octanol–water partition coefficient (Wildman–Crippen LogP) is 3.21. The molecule has 1 heterocycles. The van der Waals surface area contributed by atoms with Crippen LogP contribution in [0, 0.1) is 5.92 Å². The minimum atomic E-state index is 0. The lowest BCUT2D eigenvalue weighted by molar-refractivity contribution is -0.122. The Kier molecular flexibility index (Phi) is 7.76. The van der Waals surface area contributed by atoms with Gasteiger partial charge in [0.2, 0.25) is 5.91 Å². The maximum Gasteiger partial charge on any atom is 0.220 e. The van der Waals surface area contributed by atoms with E-state index < -0.39 is 0 Å². The van der Waals surface area contributed by atoms with Crippen LogP contribution in [0.1, 0.15) is 31.2 Å². The number of benzene rings is 1. The highest BCUT2D eigenvalue weighted by atomic mass is 35.5. The Morgan fingerprint density at radius 2 is 2.00 bits per heavy atom. The number of halogens is 2. The summed E-state index contributed by atoms with van der Waals surface area (Å²) >= 11 is 0. The fourth-order valence-electron chi connectivity index (χ4n) is 3.13. The highest BCUT2D eigenvalue weighted by molar-refractivity contribution is 5.85. The van der Waals surface area contributed by atoms with Gasteiger partial charge in [-0.1, -0.05) is 30.7 Å². The number of nitrogens with two attached hydrogens (primary N) is 1. The Hall–Kier alpha value is -1.36. The van der Waals surface area contributed by atoms with Gasteiger partial charge >= 0.3 is 0 Å². The summed E-state index contributed by atoms with van der Waals surface area (Å²) < 4.78 is 0. The van der Waals surface area contributed by atoms with Crippen molar-refractivity contribution >= 4 is 41.6 Å². The fourth-order valence-corrected chi connectivity index (χ4v) is 3.13. The van der Waals surface area contributed by atoms with Gasteiger partial charge in [0.25, 0.3) is 0 Å². The van der Waals surface area contributed by atoms with Crippen LogP contribution in [0.15, 0.2) is 36.5 Å². The second-order valence-corrected chi connectivity index (χ2v) is 5.83. The third-order valence-electron chi connectivity index (χ3n) is 4.36. The molecular weight excluding hydrogens is 333 g/mol. The van der Waals surface area contributed by atoms with Crippen LogP contribution in [-0.4, -0.2) is 16.9 Å². The van der Waals surface area contributed by atoms with E-state index in [1.807, 2.05) is 30.3 Å². The average molecular weight is 356 g/mol. The molecule has 3 N–H and O–H groups in total. The van der Waals surface area contributed by atoms with Gasteiger partial charge in [0.15, 0.2) is 0 Å². The Labute approximate surface area is 149 Å². The number of pyridine rings is 1. The molecule has 4 nitrogen and oxygen atoms in total. The van der Waals surface area contributed by atoms with Crippen molar-refractivity contribution in [2.24, 2.45) is 11.7 Å². The van der Waals surface area contributed by atoms with Gasteiger partial charge in [-0.15, -0.1) is 24.8 Å². The molecule has 1 aromatic heterocycles. The molecule has 1 aliphatic carbocycles. The minimum absolute atomic E-state index is 0. The first-order chi connectivity index (χ1) is 10.2.